The molecule has 1 amide bonds. The SMILES string of the molecule is CNS(=O)(=O)c1ccc(CNC(=O)c2ccc(OCCC(C)C)cc2)s1. The molecule has 0 spiro atoms. The Kier molecular flexibility index (Phi) is 7.19. The van der Waals surface area contributed by atoms with Crippen molar-refractivity contribution in [3.63, 3.8) is 0 Å². The second-order valence-electron chi connectivity index (χ2n) is 6.17. The van der Waals surface area contributed by atoms with Gasteiger partial charge in [0, 0.05) is 10.4 Å². The molecule has 8 heteroatoms. The molecule has 0 atom stereocenters. The lowest BCUT2D eigenvalue weighted by Gasteiger charge is -2.09. The zero-order chi connectivity index (χ0) is 19.2. The van der Waals surface area contributed by atoms with E-state index in [4.69, 9.17) is 4.74 Å². The lowest BCUT2D eigenvalue weighted by atomic mass is 10.1. The highest BCUT2D eigenvalue weighted by molar-refractivity contribution is 7.91. The van der Waals surface area contributed by atoms with Crippen LogP contribution < -0.4 is 14.8 Å². The molecule has 0 fully saturated rings. The van der Waals surface area contributed by atoms with E-state index >= 15 is 0 Å². The maximum Gasteiger partial charge on any atom is 0.251 e. The molecule has 26 heavy (non-hydrogen) atoms. The van der Waals surface area contributed by atoms with Gasteiger partial charge in [0.2, 0.25) is 10.0 Å². The molecule has 1 aromatic heterocycles. The number of nitrogens with one attached hydrogen (secondary N) is 2. The molecule has 142 valence electrons. The van der Waals surface area contributed by atoms with E-state index in [2.05, 4.69) is 23.9 Å². The maximum atomic E-state index is 12.2. The van der Waals surface area contributed by atoms with E-state index in [-0.39, 0.29) is 16.7 Å². The number of hydrogen-bond donors (Lipinski definition) is 2. The minimum absolute atomic E-state index is 0.217. The number of benzene rings is 1. The van der Waals surface area contributed by atoms with Gasteiger partial charge in [-0.05, 0) is 55.8 Å². The Morgan fingerprint density at radius 1 is 1.15 bits per heavy atom. The van der Waals surface area contributed by atoms with Crippen LogP contribution in [-0.4, -0.2) is 28.0 Å². The lowest BCUT2D eigenvalue weighted by molar-refractivity contribution is 0.0951. The second-order valence-corrected chi connectivity index (χ2v) is 9.45. The van der Waals surface area contributed by atoms with Crippen molar-refractivity contribution < 1.29 is 17.9 Å². The number of carbonyl (C=O) groups excluding carboxylic acids is 1. The minimum atomic E-state index is -3.44. The summed E-state index contributed by atoms with van der Waals surface area (Å²) in [5.41, 5.74) is 0.529. The van der Waals surface area contributed by atoms with Crippen molar-refractivity contribution in [2.24, 2.45) is 5.92 Å². The number of amides is 1. The van der Waals surface area contributed by atoms with Crippen molar-refractivity contribution >= 4 is 27.3 Å². The van der Waals surface area contributed by atoms with Crippen LogP contribution in [0.2, 0.25) is 0 Å². The van der Waals surface area contributed by atoms with Crippen LogP contribution in [0.15, 0.2) is 40.6 Å². The molecule has 1 heterocycles. The average molecular weight is 397 g/mol. The number of hydrogen-bond acceptors (Lipinski definition) is 5. The first-order valence-electron chi connectivity index (χ1n) is 8.35. The Bertz CT molecular complexity index is 827. The molecule has 2 aromatic rings. The van der Waals surface area contributed by atoms with Crippen molar-refractivity contribution in [3.8, 4) is 5.75 Å². The van der Waals surface area contributed by atoms with Crippen LogP contribution in [0.5, 0.6) is 5.75 Å². The van der Waals surface area contributed by atoms with Gasteiger partial charge in [0.15, 0.2) is 0 Å². The predicted molar refractivity (Wildman–Crippen MR) is 103 cm³/mol. The van der Waals surface area contributed by atoms with Gasteiger partial charge >= 0.3 is 0 Å². The largest absolute Gasteiger partial charge is 0.494 e. The fourth-order valence-corrected chi connectivity index (χ4v) is 4.22. The molecular weight excluding hydrogens is 372 g/mol. The van der Waals surface area contributed by atoms with Gasteiger partial charge in [0.25, 0.3) is 5.91 Å². The topological polar surface area (TPSA) is 84.5 Å². The summed E-state index contributed by atoms with van der Waals surface area (Å²) in [7, 11) is -2.08. The van der Waals surface area contributed by atoms with Gasteiger partial charge in [-0.15, -0.1) is 11.3 Å². The molecular formula is C18H24N2O4S2. The van der Waals surface area contributed by atoms with Crippen LogP contribution in [0.4, 0.5) is 0 Å². The summed E-state index contributed by atoms with van der Waals surface area (Å²) in [5.74, 6) is 1.11. The molecule has 2 rings (SSSR count). The second kappa shape index (κ2) is 9.16. The van der Waals surface area contributed by atoms with Gasteiger partial charge in [-0.1, -0.05) is 13.8 Å². The van der Waals surface area contributed by atoms with Crippen molar-refractivity contribution in [2.45, 2.75) is 31.0 Å². The Labute approximate surface area is 158 Å². The van der Waals surface area contributed by atoms with Crippen molar-refractivity contribution in [2.75, 3.05) is 13.7 Å². The van der Waals surface area contributed by atoms with Crippen molar-refractivity contribution in [1.29, 1.82) is 0 Å². The Hall–Kier alpha value is -1.90. The van der Waals surface area contributed by atoms with Crippen LogP contribution >= 0.6 is 11.3 Å². The van der Waals surface area contributed by atoms with E-state index in [1.807, 2.05) is 0 Å². The molecule has 0 aliphatic carbocycles. The highest BCUT2D eigenvalue weighted by Gasteiger charge is 2.14. The minimum Gasteiger partial charge on any atom is -0.494 e. The smallest absolute Gasteiger partial charge is 0.251 e. The van der Waals surface area contributed by atoms with E-state index < -0.39 is 10.0 Å². The molecule has 0 saturated carbocycles. The molecule has 0 bridgehead atoms. The normalized spacial score (nSPS) is 11.5. The first-order chi connectivity index (χ1) is 12.3. The standard InChI is InChI=1S/C18H24N2O4S2/c1-13(2)10-11-24-15-6-4-14(5-7-15)18(21)20-12-16-8-9-17(25-16)26(22,23)19-3/h4-9,13,19H,10-12H2,1-3H3,(H,20,21). The van der Waals surface area contributed by atoms with E-state index in [0.717, 1.165) is 28.4 Å². The van der Waals surface area contributed by atoms with Crippen LogP contribution in [0, 0.1) is 5.92 Å². The van der Waals surface area contributed by atoms with Crippen molar-refractivity contribution in [1.82, 2.24) is 10.0 Å². The number of thiophene rings is 1. The first-order valence-corrected chi connectivity index (χ1v) is 10.6. The molecule has 0 aliphatic rings. The number of sulfonamides is 1. The summed E-state index contributed by atoms with van der Waals surface area (Å²) < 4.78 is 31.6. The maximum absolute atomic E-state index is 12.2. The van der Waals surface area contributed by atoms with Crippen LogP contribution in [-0.2, 0) is 16.6 Å². The van der Waals surface area contributed by atoms with Crippen LogP contribution in [0.25, 0.3) is 0 Å². The van der Waals surface area contributed by atoms with Gasteiger partial charge in [-0.3, -0.25) is 4.79 Å². The molecule has 2 N–H and O–H groups in total. The highest BCUT2D eigenvalue weighted by Crippen LogP contribution is 2.21. The number of carbonyl (C=O) groups is 1. The summed E-state index contributed by atoms with van der Waals surface area (Å²) in [4.78, 5) is 13.0. The van der Waals surface area contributed by atoms with Gasteiger partial charge in [-0.2, -0.15) is 0 Å². The van der Waals surface area contributed by atoms with Gasteiger partial charge < -0.3 is 10.1 Å². The van der Waals surface area contributed by atoms with E-state index in [1.54, 1.807) is 30.3 Å². The first kappa shape index (κ1) is 20.4. The summed E-state index contributed by atoms with van der Waals surface area (Å²) >= 11 is 1.13. The fraction of sp³-hybridized carbons (Fsp3) is 0.389. The number of rotatable bonds is 9. The van der Waals surface area contributed by atoms with Crippen LogP contribution in [0.3, 0.4) is 0 Å². The zero-order valence-electron chi connectivity index (χ0n) is 15.1. The van der Waals surface area contributed by atoms with E-state index in [1.165, 1.54) is 13.1 Å². The summed E-state index contributed by atoms with van der Waals surface area (Å²) in [6, 6.07) is 10.2. The predicted octanol–water partition coefficient (Wildman–Crippen LogP) is 3.01. The summed E-state index contributed by atoms with van der Waals surface area (Å²) in [5, 5.41) is 2.79. The Balaban J connectivity index is 1.88. The molecule has 0 radical (unpaired) electrons. The van der Waals surface area contributed by atoms with E-state index in [9.17, 15) is 13.2 Å². The Morgan fingerprint density at radius 2 is 1.85 bits per heavy atom. The lowest BCUT2D eigenvalue weighted by Crippen LogP contribution is -2.22. The molecule has 0 aliphatic heterocycles. The molecule has 0 unspecified atom stereocenters. The zero-order valence-corrected chi connectivity index (χ0v) is 16.7. The third-order valence-electron chi connectivity index (χ3n) is 3.67. The molecule has 1 aromatic carbocycles. The van der Waals surface area contributed by atoms with Crippen LogP contribution in [0.1, 0.15) is 35.5 Å². The monoisotopic (exact) mass is 396 g/mol. The highest BCUT2D eigenvalue weighted by atomic mass is 32.2. The average Bonchev–Trinajstić information content (AvgIpc) is 3.10. The van der Waals surface area contributed by atoms with Gasteiger partial charge in [-0.25, -0.2) is 13.1 Å². The third-order valence-corrected chi connectivity index (χ3v) is 6.67. The van der Waals surface area contributed by atoms with E-state index in [0.29, 0.717) is 18.1 Å². The van der Waals surface area contributed by atoms with Gasteiger partial charge in [0.05, 0.1) is 13.2 Å². The quantitative estimate of drug-likeness (QED) is 0.682. The van der Waals surface area contributed by atoms with Crippen molar-refractivity contribution in [3.05, 3.63) is 46.8 Å². The Morgan fingerprint density at radius 3 is 2.46 bits per heavy atom. The number of ether oxygens (including phenoxy) is 1. The van der Waals surface area contributed by atoms with Gasteiger partial charge in [0.1, 0.15) is 9.96 Å². The third kappa shape index (κ3) is 5.82. The molecule has 6 nitrogen and oxygen atoms in total. The summed E-state index contributed by atoms with van der Waals surface area (Å²) in [6.45, 7) is 5.21. The molecule has 0 saturated heterocycles. The summed E-state index contributed by atoms with van der Waals surface area (Å²) in [6.07, 6.45) is 0.980. The fourth-order valence-electron chi connectivity index (χ4n) is 2.08.